The highest BCUT2D eigenvalue weighted by Gasteiger charge is 2.28. The fourth-order valence-corrected chi connectivity index (χ4v) is 3.80. The van der Waals surface area contributed by atoms with E-state index in [-0.39, 0.29) is 5.92 Å². The van der Waals surface area contributed by atoms with Gasteiger partial charge in [0.15, 0.2) is 0 Å². The predicted molar refractivity (Wildman–Crippen MR) is 87.8 cm³/mol. The van der Waals surface area contributed by atoms with E-state index in [2.05, 4.69) is 40.2 Å². The molecule has 110 valence electrons. The highest BCUT2D eigenvalue weighted by atomic mass is 79.9. The Balaban J connectivity index is 1.94. The second-order valence-electron chi connectivity index (χ2n) is 5.53. The molecular formula is C18H19BrO2. The third kappa shape index (κ3) is 2.85. The largest absolute Gasteiger partial charge is 0.497 e. The number of hydrogen-bond donors (Lipinski definition) is 1. The van der Waals surface area contributed by atoms with Crippen LogP contribution >= 0.6 is 15.9 Å². The van der Waals surface area contributed by atoms with Crippen LogP contribution in [-0.2, 0) is 6.42 Å². The lowest BCUT2D eigenvalue weighted by Crippen LogP contribution is -2.17. The fourth-order valence-electron chi connectivity index (χ4n) is 3.21. The predicted octanol–water partition coefficient (Wildman–Crippen LogP) is 4.61. The van der Waals surface area contributed by atoms with Crippen LogP contribution in [0.15, 0.2) is 46.9 Å². The highest BCUT2D eigenvalue weighted by molar-refractivity contribution is 9.10. The second-order valence-corrected chi connectivity index (χ2v) is 6.38. The fraction of sp³-hybridized carbons (Fsp3) is 0.333. The molecule has 0 saturated carbocycles. The third-order valence-electron chi connectivity index (χ3n) is 4.32. The van der Waals surface area contributed by atoms with Crippen molar-refractivity contribution in [2.24, 2.45) is 0 Å². The van der Waals surface area contributed by atoms with Crippen molar-refractivity contribution in [3.63, 3.8) is 0 Å². The van der Waals surface area contributed by atoms with E-state index in [1.807, 2.05) is 18.2 Å². The average Bonchev–Trinajstić information content (AvgIpc) is 2.53. The summed E-state index contributed by atoms with van der Waals surface area (Å²) in [5.74, 6) is 0.960. The van der Waals surface area contributed by atoms with E-state index in [0.717, 1.165) is 35.0 Å². The van der Waals surface area contributed by atoms with Crippen molar-refractivity contribution < 1.29 is 9.84 Å². The third-order valence-corrected chi connectivity index (χ3v) is 5.01. The number of rotatable bonds is 3. The number of ether oxygens (including phenoxy) is 1. The van der Waals surface area contributed by atoms with Crippen LogP contribution in [0.1, 0.15) is 41.6 Å². The van der Waals surface area contributed by atoms with Crippen LogP contribution in [0.2, 0.25) is 0 Å². The van der Waals surface area contributed by atoms with Gasteiger partial charge in [0.1, 0.15) is 5.75 Å². The van der Waals surface area contributed by atoms with Crippen LogP contribution in [0.4, 0.5) is 0 Å². The molecule has 2 aromatic rings. The van der Waals surface area contributed by atoms with Crippen LogP contribution in [-0.4, -0.2) is 12.2 Å². The van der Waals surface area contributed by atoms with Crippen molar-refractivity contribution in [3.05, 3.63) is 63.6 Å². The van der Waals surface area contributed by atoms with Gasteiger partial charge in [-0.3, -0.25) is 0 Å². The molecule has 2 atom stereocenters. The minimum atomic E-state index is -0.494. The standard InChI is InChI=1S/C18H19BrO2/c1-21-13-9-10-16(17(19)11-13)18(20)15-8-4-6-12-5-2-3-7-14(12)15/h2-3,5,7,9-11,15,18,20H,4,6,8H2,1H3. The van der Waals surface area contributed by atoms with Crippen LogP contribution in [0, 0.1) is 0 Å². The van der Waals surface area contributed by atoms with Crippen molar-refractivity contribution in [2.45, 2.75) is 31.3 Å². The molecule has 0 fully saturated rings. The summed E-state index contributed by atoms with van der Waals surface area (Å²) in [6, 6.07) is 14.2. The van der Waals surface area contributed by atoms with Gasteiger partial charge in [0.25, 0.3) is 0 Å². The number of aryl methyl sites for hydroxylation is 1. The minimum Gasteiger partial charge on any atom is -0.497 e. The van der Waals surface area contributed by atoms with Crippen molar-refractivity contribution in [1.82, 2.24) is 0 Å². The van der Waals surface area contributed by atoms with E-state index in [4.69, 9.17) is 4.74 Å². The maximum Gasteiger partial charge on any atom is 0.120 e. The number of methoxy groups -OCH3 is 1. The van der Waals surface area contributed by atoms with E-state index < -0.39 is 6.10 Å². The zero-order chi connectivity index (χ0) is 14.8. The van der Waals surface area contributed by atoms with Gasteiger partial charge in [-0.2, -0.15) is 0 Å². The molecule has 1 aliphatic rings. The summed E-state index contributed by atoms with van der Waals surface area (Å²) >= 11 is 3.56. The molecule has 2 unspecified atom stereocenters. The molecule has 0 amide bonds. The molecule has 0 aliphatic heterocycles. The minimum absolute atomic E-state index is 0.166. The molecule has 1 aliphatic carbocycles. The number of benzene rings is 2. The summed E-state index contributed by atoms with van der Waals surface area (Å²) in [6.07, 6.45) is 2.78. The van der Waals surface area contributed by atoms with Gasteiger partial charge in [0.2, 0.25) is 0 Å². The van der Waals surface area contributed by atoms with Gasteiger partial charge in [0.05, 0.1) is 13.2 Å². The normalized spacial score (nSPS) is 18.9. The summed E-state index contributed by atoms with van der Waals surface area (Å²) in [5.41, 5.74) is 3.59. The average molecular weight is 347 g/mol. The summed E-state index contributed by atoms with van der Waals surface area (Å²) < 4.78 is 6.12. The van der Waals surface area contributed by atoms with E-state index >= 15 is 0 Å². The lowest BCUT2D eigenvalue weighted by atomic mass is 9.78. The molecule has 3 rings (SSSR count). The van der Waals surface area contributed by atoms with Crippen molar-refractivity contribution in [1.29, 1.82) is 0 Å². The molecule has 0 aromatic heterocycles. The molecule has 0 radical (unpaired) electrons. The molecule has 0 spiro atoms. The highest BCUT2D eigenvalue weighted by Crippen LogP contribution is 2.42. The molecule has 21 heavy (non-hydrogen) atoms. The maximum absolute atomic E-state index is 10.9. The Kier molecular flexibility index (Phi) is 4.32. The van der Waals surface area contributed by atoms with Gasteiger partial charge in [0, 0.05) is 10.4 Å². The molecule has 2 nitrogen and oxygen atoms in total. The number of fused-ring (bicyclic) bond motifs is 1. The van der Waals surface area contributed by atoms with Crippen LogP contribution < -0.4 is 4.74 Å². The van der Waals surface area contributed by atoms with Crippen LogP contribution in [0.25, 0.3) is 0 Å². The van der Waals surface area contributed by atoms with Gasteiger partial charge < -0.3 is 9.84 Å². The molecule has 1 N–H and O–H groups in total. The van der Waals surface area contributed by atoms with Gasteiger partial charge in [-0.1, -0.05) is 46.3 Å². The van der Waals surface area contributed by atoms with E-state index in [0.29, 0.717) is 0 Å². The summed E-state index contributed by atoms with van der Waals surface area (Å²) in [7, 11) is 1.65. The Morgan fingerprint density at radius 3 is 2.81 bits per heavy atom. The van der Waals surface area contributed by atoms with Crippen LogP contribution in [0.5, 0.6) is 5.75 Å². The van der Waals surface area contributed by atoms with Gasteiger partial charge in [-0.05, 0) is 48.1 Å². The Bertz CT molecular complexity index is 639. The summed E-state index contributed by atoms with van der Waals surface area (Å²) in [4.78, 5) is 0. The first-order chi connectivity index (χ1) is 10.2. The second kappa shape index (κ2) is 6.20. The summed E-state index contributed by atoms with van der Waals surface area (Å²) in [6.45, 7) is 0. The summed E-state index contributed by atoms with van der Waals surface area (Å²) in [5, 5.41) is 10.9. The molecular weight excluding hydrogens is 328 g/mol. The molecule has 0 heterocycles. The van der Waals surface area contributed by atoms with Crippen molar-refractivity contribution >= 4 is 15.9 Å². The molecule has 3 heteroatoms. The van der Waals surface area contributed by atoms with Crippen LogP contribution in [0.3, 0.4) is 0 Å². The Morgan fingerprint density at radius 1 is 1.24 bits per heavy atom. The van der Waals surface area contributed by atoms with Crippen molar-refractivity contribution in [2.75, 3.05) is 7.11 Å². The van der Waals surface area contributed by atoms with E-state index in [1.165, 1.54) is 11.1 Å². The SMILES string of the molecule is COc1ccc(C(O)C2CCCc3ccccc32)c(Br)c1. The first kappa shape index (κ1) is 14.6. The van der Waals surface area contributed by atoms with E-state index in [9.17, 15) is 5.11 Å². The zero-order valence-corrected chi connectivity index (χ0v) is 13.6. The molecule has 0 saturated heterocycles. The topological polar surface area (TPSA) is 29.5 Å². The number of hydrogen-bond acceptors (Lipinski definition) is 2. The zero-order valence-electron chi connectivity index (χ0n) is 12.1. The smallest absolute Gasteiger partial charge is 0.120 e. The molecule has 0 bridgehead atoms. The quantitative estimate of drug-likeness (QED) is 0.879. The maximum atomic E-state index is 10.9. The van der Waals surface area contributed by atoms with Crippen molar-refractivity contribution in [3.8, 4) is 5.75 Å². The lowest BCUT2D eigenvalue weighted by molar-refractivity contribution is 0.135. The Labute approximate surface area is 133 Å². The Hall–Kier alpha value is -1.32. The number of aliphatic hydroxyl groups is 1. The van der Waals surface area contributed by atoms with E-state index in [1.54, 1.807) is 7.11 Å². The molecule has 2 aromatic carbocycles. The lowest BCUT2D eigenvalue weighted by Gasteiger charge is -2.30. The number of halogens is 1. The number of aliphatic hydroxyl groups excluding tert-OH is 1. The monoisotopic (exact) mass is 346 g/mol. The first-order valence-corrected chi connectivity index (χ1v) is 8.09. The van der Waals surface area contributed by atoms with Gasteiger partial charge >= 0.3 is 0 Å². The van der Waals surface area contributed by atoms with Gasteiger partial charge in [-0.25, -0.2) is 0 Å². The van der Waals surface area contributed by atoms with Gasteiger partial charge in [-0.15, -0.1) is 0 Å². The first-order valence-electron chi connectivity index (χ1n) is 7.30. The Morgan fingerprint density at radius 2 is 2.05 bits per heavy atom.